The molecule has 0 saturated carbocycles. The van der Waals surface area contributed by atoms with Crippen molar-refractivity contribution in [1.29, 1.82) is 0 Å². The van der Waals surface area contributed by atoms with Gasteiger partial charge < -0.3 is 4.90 Å². The first-order valence-corrected chi connectivity index (χ1v) is 6.83. The number of nitrogens with zero attached hydrogens (tertiary/aromatic N) is 3. The molecule has 2 aromatic carbocycles. The van der Waals surface area contributed by atoms with Gasteiger partial charge in [-0.05, 0) is 42.5 Å². The van der Waals surface area contributed by atoms with Crippen LogP contribution in [0.4, 0.5) is 10.1 Å². The van der Waals surface area contributed by atoms with Crippen LogP contribution in [-0.4, -0.2) is 24.1 Å². The summed E-state index contributed by atoms with van der Waals surface area (Å²) in [6.07, 6.45) is 0. The molecule has 3 rings (SSSR count). The number of hydrogen-bond donors (Lipinski definition) is 0. The summed E-state index contributed by atoms with van der Waals surface area (Å²) in [6, 6.07) is 12.2. The average Bonchev–Trinajstić information content (AvgIpc) is 2.48. The smallest absolute Gasteiger partial charge is 0.161 e. The maximum absolute atomic E-state index is 13.2. The molecule has 0 saturated heterocycles. The Kier molecular flexibility index (Phi) is 3.47. The molecule has 3 aromatic rings. The molecule has 0 radical (unpaired) electrons. The van der Waals surface area contributed by atoms with Gasteiger partial charge in [0.2, 0.25) is 0 Å². The summed E-state index contributed by atoms with van der Waals surface area (Å²) in [6.45, 7) is 0. The van der Waals surface area contributed by atoms with Crippen LogP contribution >= 0.6 is 11.6 Å². The first-order valence-electron chi connectivity index (χ1n) is 6.45. The molecule has 0 bridgehead atoms. The fourth-order valence-electron chi connectivity index (χ4n) is 2.10. The maximum atomic E-state index is 13.2. The monoisotopic (exact) mass is 301 g/mol. The zero-order valence-electron chi connectivity index (χ0n) is 11.6. The van der Waals surface area contributed by atoms with Crippen molar-refractivity contribution in [1.82, 2.24) is 9.97 Å². The molecule has 0 aliphatic heterocycles. The van der Waals surface area contributed by atoms with Gasteiger partial charge in [0.1, 0.15) is 11.0 Å². The summed E-state index contributed by atoms with van der Waals surface area (Å²) in [7, 11) is 3.96. The normalized spacial score (nSPS) is 10.9. The number of rotatable bonds is 2. The number of hydrogen-bond acceptors (Lipinski definition) is 3. The van der Waals surface area contributed by atoms with Gasteiger partial charge in [-0.2, -0.15) is 0 Å². The molecule has 5 heteroatoms. The average molecular weight is 302 g/mol. The van der Waals surface area contributed by atoms with Crippen molar-refractivity contribution in [2.45, 2.75) is 0 Å². The van der Waals surface area contributed by atoms with Crippen molar-refractivity contribution in [3.8, 4) is 11.4 Å². The largest absolute Gasteiger partial charge is 0.378 e. The van der Waals surface area contributed by atoms with Gasteiger partial charge in [-0.15, -0.1) is 0 Å². The summed E-state index contributed by atoms with van der Waals surface area (Å²) in [5.74, 6) is 0.181. The fourth-order valence-corrected chi connectivity index (χ4v) is 2.33. The maximum Gasteiger partial charge on any atom is 0.161 e. The highest BCUT2D eigenvalue weighted by molar-refractivity contribution is 6.34. The zero-order valence-corrected chi connectivity index (χ0v) is 12.4. The van der Waals surface area contributed by atoms with Gasteiger partial charge in [0.25, 0.3) is 0 Å². The Labute approximate surface area is 127 Å². The lowest BCUT2D eigenvalue weighted by atomic mass is 10.1. The first kappa shape index (κ1) is 13.8. The molecular weight excluding hydrogens is 289 g/mol. The van der Waals surface area contributed by atoms with E-state index >= 15 is 0 Å². The van der Waals surface area contributed by atoms with E-state index in [4.69, 9.17) is 11.6 Å². The molecule has 0 N–H and O–H groups in total. The topological polar surface area (TPSA) is 29.0 Å². The lowest BCUT2D eigenvalue weighted by Gasteiger charge is -2.12. The molecule has 0 unspecified atom stereocenters. The van der Waals surface area contributed by atoms with Crippen molar-refractivity contribution in [3.63, 3.8) is 0 Å². The molecule has 0 fully saturated rings. The van der Waals surface area contributed by atoms with Gasteiger partial charge >= 0.3 is 0 Å². The van der Waals surface area contributed by atoms with E-state index in [0.29, 0.717) is 16.7 Å². The number of anilines is 1. The predicted molar refractivity (Wildman–Crippen MR) is 84.3 cm³/mol. The highest BCUT2D eigenvalue weighted by atomic mass is 35.5. The van der Waals surface area contributed by atoms with Crippen molar-refractivity contribution in [3.05, 3.63) is 53.4 Å². The molecule has 0 atom stereocenters. The lowest BCUT2D eigenvalue weighted by Crippen LogP contribution is -2.08. The van der Waals surface area contributed by atoms with Crippen LogP contribution in [0.15, 0.2) is 42.5 Å². The third-order valence-electron chi connectivity index (χ3n) is 3.25. The SMILES string of the molecule is CN(C)c1ccc(-c2nc(Cl)c3cc(F)ccc3n2)cc1. The highest BCUT2D eigenvalue weighted by Gasteiger charge is 2.09. The summed E-state index contributed by atoms with van der Waals surface area (Å²) in [5.41, 5.74) is 2.59. The van der Waals surface area contributed by atoms with E-state index in [-0.39, 0.29) is 11.0 Å². The van der Waals surface area contributed by atoms with E-state index in [2.05, 4.69) is 9.97 Å². The molecule has 106 valence electrons. The van der Waals surface area contributed by atoms with E-state index < -0.39 is 0 Å². The van der Waals surface area contributed by atoms with Crippen molar-refractivity contribution in [2.24, 2.45) is 0 Å². The van der Waals surface area contributed by atoms with E-state index in [1.807, 2.05) is 43.3 Å². The van der Waals surface area contributed by atoms with Crippen LogP contribution in [0.2, 0.25) is 5.15 Å². The third-order valence-corrected chi connectivity index (χ3v) is 3.54. The quantitative estimate of drug-likeness (QED) is 0.666. The fraction of sp³-hybridized carbons (Fsp3) is 0.125. The zero-order chi connectivity index (χ0) is 15.0. The Morgan fingerprint density at radius 1 is 1.00 bits per heavy atom. The Hall–Kier alpha value is -2.20. The van der Waals surface area contributed by atoms with E-state index in [1.54, 1.807) is 6.07 Å². The van der Waals surface area contributed by atoms with Crippen LogP contribution in [0.3, 0.4) is 0 Å². The molecule has 0 spiro atoms. The predicted octanol–water partition coefficient (Wildman–Crippen LogP) is 4.16. The second-order valence-corrected chi connectivity index (χ2v) is 5.30. The van der Waals surface area contributed by atoms with Crippen LogP contribution in [0.1, 0.15) is 0 Å². The molecule has 1 heterocycles. The summed E-state index contributed by atoms with van der Waals surface area (Å²) in [5, 5.41) is 0.775. The van der Waals surface area contributed by atoms with Gasteiger partial charge in [-0.1, -0.05) is 11.6 Å². The third kappa shape index (κ3) is 2.67. The highest BCUT2D eigenvalue weighted by Crippen LogP contribution is 2.26. The van der Waals surface area contributed by atoms with E-state index in [1.165, 1.54) is 12.1 Å². The summed E-state index contributed by atoms with van der Waals surface area (Å²) >= 11 is 6.14. The van der Waals surface area contributed by atoms with Crippen molar-refractivity contribution >= 4 is 28.2 Å². The molecule has 21 heavy (non-hydrogen) atoms. The van der Waals surface area contributed by atoms with Gasteiger partial charge in [-0.3, -0.25) is 0 Å². The first-order chi connectivity index (χ1) is 10.0. The second kappa shape index (κ2) is 5.30. The number of fused-ring (bicyclic) bond motifs is 1. The Morgan fingerprint density at radius 2 is 1.71 bits per heavy atom. The molecule has 3 nitrogen and oxygen atoms in total. The summed E-state index contributed by atoms with van der Waals surface area (Å²) in [4.78, 5) is 10.7. The Balaban J connectivity index is 2.10. The molecule has 0 amide bonds. The summed E-state index contributed by atoms with van der Waals surface area (Å²) < 4.78 is 13.2. The van der Waals surface area contributed by atoms with Crippen LogP contribution in [0.25, 0.3) is 22.3 Å². The standard InChI is InChI=1S/C16H13ClFN3/c1-21(2)12-6-3-10(4-7-12)16-19-14-8-5-11(18)9-13(14)15(17)20-16/h3-9H,1-2H3. The Bertz CT molecular complexity index is 800. The van der Waals surface area contributed by atoms with E-state index in [0.717, 1.165) is 11.3 Å². The van der Waals surface area contributed by atoms with Gasteiger partial charge in [0.15, 0.2) is 5.82 Å². The van der Waals surface area contributed by atoms with Crippen molar-refractivity contribution < 1.29 is 4.39 Å². The minimum atomic E-state index is -0.351. The van der Waals surface area contributed by atoms with Gasteiger partial charge in [-0.25, -0.2) is 14.4 Å². The number of aromatic nitrogens is 2. The number of halogens is 2. The molecule has 1 aromatic heterocycles. The lowest BCUT2D eigenvalue weighted by molar-refractivity contribution is 0.629. The minimum absolute atomic E-state index is 0.256. The molecular formula is C16H13ClFN3. The van der Waals surface area contributed by atoms with Crippen LogP contribution in [0, 0.1) is 5.82 Å². The minimum Gasteiger partial charge on any atom is -0.378 e. The van der Waals surface area contributed by atoms with Crippen LogP contribution < -0.4 is 4.90 Å². The van der Waals surface area contributed by atoms with Crippen molar-refractivity contribution in [2.75, 3.05) is 19.0 Å². The second-order valence-electron chi connectivity index (χ2n) is 4.94. The molecule has 0 aliphatic rings. The van der Waals surface area contributed by atoms with Gasteiger partial charge in [0.05, 0.1) is 5.52 Å². The van der Waals surface area contributed by atoms with E-state index in [9.17, 15) is 4.39 Å². The van der Waals surface area contributed by atoms with Crippen LogP contribution in [-0.2, 0) is 0 Å². The Morgan fingerprint density at radius 3 is 2.38 bits per heavy atom. The van der Waals surface area contributed by atoms with Gasteiger partial charge in [0, 0.05) is 30.7 Å². The number of benzene rings is 2. The molecule has 0 aliphatic carbocycles. The van der Waals surface area contributed by atoms with Crippen LogP contribution in [0.5, 0.6) is 0 Å².